The first kappa shape index (κ1) is 33.0. The summed E-state index contributed by atoms with van der Waals surface area (Å²) in [6, 6.07) is 16.4. The molecule has 0 radical (unpaired) electrons. The van der Waals surface area contributed by atoms with Crippen molar-refractivity contribution in [2.45, 2.75) is 109 Å². The number of esters is 1. The Morgan fingerprint density at radius 2 is 1.45 bits per heavy atom. The van der Waals surface area contributed by atoms with Crippen LogP contribution in [0.2, 0.25) is 0 Å². The van der Waals surface area contributed by atoms with E-state index in [-0.39, 0.29) is 18.9 Å². The van der Waals surface area contributed by atoms with Gasteiger partial charge in [-0.3, -0.25) is 9.59 Å². The van der Waals surface area contributed by atoms with E-state index >= 15 is 0 Å². The van der Waals surface area contributed by atoms with Gasteiger partial charge in [-0.05, 0) is 57.1 Å². The molecule has 0 aromatic heterocycles. The zero-order chi connectivity index (χ0) is 31.5. The summed E-state index contributed by atoms with van der Waals surface area (Å²) in [5.41, 5.74) is 1.02. The minimum Gasteiger partial charge on any atom is -0.459 e. The number of amides is 3. The van der Waals surface area contributed by atoms with Crippen LogP contribution in [-0.2, 0) is 36.9 Å². The van der Waals surface area contributed by atoms with Crippen molar-refractivity contribution in [3.8, 4) is 0 Å². The monoisotopic (exact) mass is 605 g/mol. The Balaban J connectivity index is 1.50. The number of nitrogens with one attached hydrogen (secondary N) is 2. The molecule has 238 valence electrons. The van der Waals surface area contributed by atoms with Crippen molar-refractivity contribution in [3.63, 3.8) is 0 Å². The highest BCUT2D eigenvalue weighted by molar-refractivity contribution is 5.93. The molecule has 3 atom stereocenters. The van der Waals surface area contributed by atoms with Gasteiger partial charge >= 0.3 is 12.1 Å². The van der Waals surface area contributed by atoms with Gasteiger partial charge < -0.3 is 25.0 Å². The van der Waals surface area contributed by atoms with E-state index in [0.717, 1.165) is 36.8 Å². The molecule has 0 spiro atoms. The molecule has 2 fully saturated rings. The van der Waals surface area contributed by atoms with Crippen molar-refractivity contribution in [2.24, 2.45) is 5.92 Å². The van der Waals surface area contributed by atoms with Gasteiger partial charge in [0.15, 0.2) is 0 Å². The molecule has 9 heteroatoms. The Bertz CT molecular complexity index is 1240. The van der Waals surface area contributed by atoms with Crippen LogP contribution in [0.25, 0.3) is 0 Å². The van der Waals surface area contributed by atoms with E-state index in [1.807, 2.05) is 60.7 Å². The number of alkyl carbamates (subject to hydrolysis) is 1. The summed E-state index contributed by atoms with van der Waals surface area (Å²) in [5.74, 6) is -0.931. The van der Waals surface area contributed by atoms with Crippen LogP contribution < -0.4 is 10.6 Å². The second kappa shape index (κ2) is 15.7. The number of ether oxygens (including phenoxy) is 2. The van der Waals surface area contributed by atoms with E-state index in [0.29, 0.717) is 31.7 Å². The van der Waals surface area contributed by atoms with Crippen LogP contribution in [0.1, 0.15) is 83.3 Å². The summed E-state index contributed by atoms with van der Waals surface area (Å²) < 4.78 is 11.1. The predicted octanol–water partition coefficient (Wildman–Crippen LogP) is 5.31. The summed E-state index contributed by atoms with van der Waals surface area (Å²) in [4.78, 5) is 55.4. The molecule has 0 unspecified atom stereocenters. The Hall–Kier alpha value is -3.88. The van der Waals surface area contributed by atoms with E-state index in [9.17, 15) is 19.2 Å². The lowest BCUT2D eigenvalue weighted by Gasteiger charge is -2.31. The fourth-order valence-electron chi connectivity index (χ4n) is 6.06. The maximum atomic E-state index is 14.1. The highest BCUT2D eigenvalue weighted by Crippen LogP contribution is 2.28. The van der Waals surface area contributed by atoms with E-state index in [1.165, 1.54) is 6.42 Å². The molecular formula is C35H47N3O6. The third-order valence-electron chi connectivity index (χ3n) is 8.23. The second-order valence-electron chi connectivity index (χ2n) is 13.0. The number of nitrogens with zero attached hydrogens (tertiary/aromatic N) is 1. The van der Waals surface area contributed by atoms with Gasteiger partial charge in [0.25, 0.3) is 0 Å². The van der Waals surface area contributed by atoms with Crippen molar-refractivity contribution < 1.29 is 28.7 Å². The van der Waals surface area contributed by atoms with Crippen LogP contribution in [0.3, 0.4) is 0 Å². The molecule has 3 amide bonds. The summed E-state index contributed by atoms with van der Waals surface area (Å²) in [6.07, 6.45) is 6.55. The van der Waals surface area contributed by atoms with Gasteiger partial charge in [0.2, 0.25) is 11.8 Å². The third kappa shape index (κ3) is 10.1. The lowest BCUT2D eigenvalue weighted by molar-refractivity contribution is -0.155. The molecule has 1 saturated heterocycles. The molecule has 1 saturated carbocycles. The van der Waals surface area contributed by atoms with Gasteiger partial charge in [-0.15, -0.1) is 0 Å². The van der Waals surface area contributed by atoms with Crippen molar-refractivity contribution in [1.29, 1.82) is 0 Å². The van der Waals surface area contributed by atoms with Gasteiger partial charge in [0, 0.05) is 13.0 Å². The predicted molar refractivity (Wildman–Crippen MR) is 167 cm³/mol. The molecule has 2 aromatic rings. The van der Waals surface area contributed by atoms with Gasteiger partial charge in [-0.1, -0.05) is 92.8 Å². The van der Waals surface area contributed by atoms with Crippen molar-refractivity contribution in [1.82, 2.24) is 15.5 Å². The molecule has 2 aromatic carbocycles. The summed E-state index contributed by atoms with van der Waals surface area (Å²) in [7, 11) is 0. The Morgan fingerprint density at radius 3 is 2.09 bits per heavy atom. The highest BCUT2D eigenvalue weighted by Gasteiger charge is 2.39. The Kier molecular flexibility index (Phi) is 11.8. The molecule has 4 rings (SSSR count). The first-order valence-corrected chi connectivity index (χ1v) is 15.9. The number of carbonyl (C=O) groups is 4. The van der Waals surface area contributed by atoms with E-state index < -0.39 is 41.7 Å². The number of benzene rings is 2. The number of hydrogen-bond donors (Lipinski definition) is 2. The van der Waals surface area contributed by atoms with Crippen LogP contribution in [-0.4, -0.2) is 59.0 Å². The topological polar surface area (TPSA) is 114 Å². The molecule has 44 heavy (non-hydrogen) atoms. The zero-order valence-electron chi connectivity index (χ0n) is 26.3. The number of carbonyl (C=O) groups excluding carboxylic acids is 4. The molecule has 1 aliphatic carbocycles. The fraction of sp³-hybridized carbons (Fsp3) is 0.543. The standard InChI is InChI=1S/C35H47N3O6/c1-35(2,3)44-34(42)37-28(22-25-14-7-4-8-15-25)31(39)36-29(23-26-16-9-5-10-17-26)32(40)38-21-13-20-30(38)33(41)43-24-27-18-11-6-12-19-27/h5-6,9-12,16-19,25,28-30H,4,7-8,13-15,20-24H2,1-3H3,(H,36,39)(H,37,42)/t28-,29+,30-/m1/s1. The van der Waals surface area contributed by atoms with Crippen molar-refractivity contribution in [3.05, 3.63) is 71.8 Å². The average Bonchev–Trinajstić information content (AvgIpc) is 3.50. The molecule has 2 aliphatic rings. The van der Waals surface area contributed by atoms with E-state index in [2.05, 4.69) is 10.6 Å². The summed E-state index contributed by atoms with van der Waals surface area (Å²) in [6.45, 7) is 5.84. The number of likely N-dealkylation sites (tertiary alicyclic amines) is 1. The summed E-state index contributed by atoms with van der Waals surface area (Å²) in [5, 5.41) is 5.75. The van der Waals surface area contributed by atoms with Gasteiger partial charge in [0.05, 0.1) is 0 Å². The van der Waals surface area contributed by atoms with E-state index in [4.69, 9.17) is 9.47 Å². The molecule has 0 bridgehead atoms. The molecular weight excluding hydrogens is 558 g/mol. The van der Waals surface area contributed by atoms with Crippen LogP contribution in [0.4, 0.5) is 4.79 Å². The maximum Gasteiger partial charge on any atom is 0.408 e. The van der Waals surface area contributed by atoms with Crippen LogP contribution >= 0.6 is 0 Å². The molecule has 1 aliphatic heterocycles. The molecule has 9 nitrogen and oxygen atoms in total. The van der Waals surface area contributed by atoms with Gasteiger partial charge in [-0.25, -0.2) is 9.59 Å². The lowest BCUT2D eigenvalue weighted by Crippen LogP contribution is -2.57. The normalized spacial score (nSPS) is 18.6. The average molecular weight is 606 g/mol. The Labute approximate surface area is 261 Å². The van der Waals surface area contributed by atoms with Crippen LogP contribution in [0.5, 0.6) is 0 Å². The van der Waals surface area contributed by atoms with Crippen LogP contribution in [0, 0.1) is 5.92 Å². The quantitative estimate of drug-likeness (QED) is 0.336. The SMILES string of the molecule is CC(C)(C)OC(=O)N[C@H](CC1CCCCC1)C(=O)N[C@@H](Cc1ccccc1)C(=O)N1CCC[C@@H]1C(=O)OCc1ccccc1. The zero-order valence-corrected chi connectivity index (χ0v) is 26.3. The number of hydrogen-bond acceptors (Lipinski definition) is 6. The lowest BCUT2D eigenvalue weighted by atomic mass is 9.84. The van der Waals surface area contributed by atoms with Gasteiger partial charge in [0.1, 0.15) is 30.3 Å². The summed E-state index contributed by atoms with van der Waals surface area (Å²) >= 11 is 0. The smallest absolute Gasteiger partial charge is 0.408 e. The van der Waals surface area contributed by atoms with E-state index in [1.54, 1.807) is 25.7 Å². The van der Waals surface area contributed by atoms with Crippen LogP contribution in [0.15, 0.2) is 60.7 Å². The highest BCUT2D eigenvalue weighted by atomic mass is 16.6. The first-order chi connectivity index (χ1) is 21.1. The third-order valence-corrected chi connectivity index (χ3v) is 8.23. The van der Waals surface area contributed by atoms with Crippen molar-refractivity contribution >= 4 is 23.9 Å². The molecule has 2 N–H and O–H groups in total. The number of rotatable bonds is 11. The molecule has 1 heterocycles. The van der Waals surface area contributed by atoms with Gasteiger partial charge in [-0.2, -0.15) is 0 Å². The van der Waals surface area contributed by atoms with Crippen molar-refractivity contribution in [2.75, 3.05) is 6.54 Å². The minimum atomic E-state index is -0.929. The maximum absolute atomic E-state index is 14.1. The fourth-order valence-corrected chi connectivity index (χ4v) is 6.06. The second-order valence-corrected chi connectivity index (χ2v) is 13.0. The minimum absolute atomic E-state index is 0.127. The Morgan fingerprint density at radius 1 is 0.818 bits per heavy atom. The first-order valence-electron chi connectivity index (χ1n) is 15.9. The largest absolute Gasteiger partial charge is 0.459 e.